The average Bonchev–Trinajstić information content (AvgIpc) is 2.93. The summed E-state index contributed by atoms with van der Waals surface area (Å²) in [4.78, 5) is 24.9. The van der Waals surface area contributed by atoms with Crippen LogP contribution in [-0.2, 0) is 4.74 Å². The van der Waals surface area contributed by atoms with Crippen molar-refractivity contribution in [3.05, 3.63) is 35.4 Å². The van der Waals surface area contributed by atoms with E-state index in [-0.39, 0.29) is 6.04 Å². The fourth-order valence-corrected chi connectivity index (χ4v) is 2.19. The van der Waals surface area contributed by atoms with E-state index in [1.165, 1.54) is 0 Å². The zero-order chi connectivity index (χ0) is 14.5. The molecule has 2 amide bonds. The summed E-state index contributed by atoms with van der Waals surface area (Å²) in [6.07, 6.45) is 0.679. The number of hydrogen-bond donors (Lipinski definition) is 1. The van der Waals surface area contributed by atoms with E-state index >= 15 is 0 Å². The molecule has 108 valence electrons. The highest BCUT2D eigenvalue weighted by Gasteiger charge is 2.22. The molecule has 5 heteroatoms. The second kappa shape index (κ2) is 6.41. The van der Waals surface area contributed by atoms with Gasteiger partial charge in [0.15, 0.2) is 0 Å². The Bertz CT molecular complexity index is 478. The summed E-state index contributed by atoms with van der Waals surface area (Å²) in [5.74, 6) is 0. The molecule has 0 spiro atoms. The standard InChI is InChI=1S/C15H20N2O3/c1-11-5-7-13(8-6-11)12(2)16-14(18)20-15(19)17-9-3-4-10-17/h5-8,12H,3-4,9-10H2,1-2H3,(H,16,18). The topological polar surface area (TPSA) is 58.6 Å². The average molecular weight is 276 g/mol. The molecule has 2 rings (SSSR count). The zero-order valence-corrected chi connectivity index (χ0v) is 11.9. The van der Waals surface area contributed by atoms with Gasteiger partial charge in [-0.2, -0.15) is 0 Å². The Morgan fingerprint density at radius 1 is 1.20 bits per heavy atom. The molecule has 1 heterocycles. The minimum absolute atomic E-state index is 0.200. The van der Waals surface area contributed by atoms with Crippen LogP contribution in [0.3, 0.4) is 0 Å². The molecule has 1 atom stereocenters. The summed E-state index contributed by atoms with van der Waals surface area (Å²) in [6, 6.07) is 7.66. The quantitative estimate of drug-likeness (QED) is 0.845. The number of likely N-dealkylation sites (tertiary alicyclic amines) is 1. The molecule has 1 fully saturated rings. The van der Waals surface area contributed by atoms with E-state index in [9.17, 15) is 9.59 Å². The third kappa shape index (κ3) is 3.73. The highest BCUT2D eigenvalue weighted by atomic mass is 16.6. The van der Waals surface area contributed by atoms with Crippen LogP contribution in [0.5, 0.6) is 0 Å². The number of carbonyl (C=O) groups excluding carboxylic acids is 2. The highest BCUT2D eigenvalue weighted by molar-refractivity contribution is 5.83. The largest absolute Gasteiger partial charge is 0.418 e. The molecule has 20 heavy (non-hydrogen) atoms. The van der Waals surface area contributed by atoms with Gasteiger partial charge < -0.3 is 15.0 Å². The molecule has 0 aliphatic carbocycles. The molecule has 1 unspecified atom stereocenters. The lowest BCUT2D eigenvalue weighted by Gasteiger charge is -2.17. The van der Waals surface area contributed by atoms with Crippen LogP contribution < -0.4 is 5.32 Å². The first-order valence-corrected chi connectivity index (χ1v) is 6.90. The van der Waals surface area contributed by atoms with Crippen LogP contribution in [0.1, 0.15) is 36.9 Å². The summed E-state index contributed by atoms with van der Waals surface area (Å²) < 4.78 is 4.79. The number of alkyl carbamates (subject to hydrolysis) is 1. The highest BCUT2D eigenvalue weighted by Crippen LogP contribution is 2.14. The fourth-order valence-electron chi connectivity index (χ4n) is 2.19. The first kappa shape index (κ1) is 14.4. The Balaban J connectivity index is 1.84. The predicted octanol–water partition coefficient (Wildman–Crippen LogP) is 3.00. The minimum atomic E-state index is -0.699. The van der Waals surface area contributed by atoms with Gasteiger partial charge in [-0.1, -0.05) is 29.8 Å². The molecule has 5 nitrogen and oxygen atoms in total. The van der Waals surface area contributed by atoms with Crippen molar-refractivity contribution in [3.63, 3.8) is 0 Å². The van der Waals surface area contributed by atoms with Gasteiger partial charge in [-0.3, -0.25) is 0 Å². The van der Waals surface area contributed by atoms with Crippen LogP contribution in [0, 0.1) is 6.92 Å². The Morgan fingerprint density at radius 2 is 1.80 bits per heavy atom. The van der Waals surface area contributed by atoms with Gasteiger partial charge in [0.2, 0.25) is 0 Å². The van der Waals surface area contributed by atoms with E-state index in [4.69, 9.17) is 4.74 Å². The number of amides is 2. The smallest absolute Gasteiger partial charge is 0.359 e. The molecule has 1 aromatic carbocycles. The molecule has 0 bridgehead atoms. The van der Waals surface area contributed by atoms with Gasteiger partial charge in [0, 0.05) is 13.1 Å². The second-order valence-electron chi connectivity index (χ2n) is 5.13. The number of benzene rings is 1. The molecule has 1 aliphatic heterocycles. The van der Waals surface area contributed by atoms with Gasteiger partial charge in [-0.05, 0) is 32.3 Å². The van der Waals surface area contributed by atoms with Gasteiger partial charge in [-0.25, -0.2) is 9.59 Å². The van der Waals surface area contributed by atoms with Crippen LogP contribution in [-0.4, -0.2) is 30.2 Å². The fraction of sp³-hybridized carbons (Fsp3) is 0.467. The van der Waals surface area contributed by atoms with Crippen molar-refractivity contribution in [2.75, 3.05) is 13.1 Å². The van der Waals surface area contributed by atoms with Crippen molar-refractivity contribution in [1.82, 2.24) is 10.2 Å². The Hall–Kier alpha value is -2.04. The van der Waals surface area contributed by atoms with Crippen molar-refractivity contribution in [2.24, 2.45) is 0 Å². The van der Waals surface area contributed by atoms with Gasteiger partial charge in [0.1, 0.15) is 0 Å². The molecule has 1 N–H and O–H groups in total. The van der Waals surface area contributed by atoms with E-state index in [1.54, 1.807) is 4.90 Å². The lowest BCUT2D eigenvalue weighted by Crippen LogP contribution is -2.35. The summed E-state index contributed by atoms with van der Waals surface area (Å²) in [7, 11) is 0. The van der Waals surface area contributed by atoms with Gasteiger partial charge in [0.05, 0.1) is 6.04 Å². The van der Waals surface area contributed by atoms with Gasteiger partial charge >= 0.3 is 12.2 Å². The molecule has 1 saturated heterocycles. The number of rotatable bonds is 2. The molecule has 1 aromatic rings. The first-order chi connectivity index (χ1) is 9.56. The summed E-state index contributed by atoms with van der Waals surface area (Å²) >= 11 is 0. The molecule has 0 radical (unpaired) electrons. The number of ether oxygens (including phenoxy) is 1. The minimum Gasteiger partial charge on any atom is -0.359 e. The van der Waals surface area contributed by atoms with Crippen LogP contribution in [0.15, 0.2) is 24.3 Å². The van der Waals surface area contributed by atoms with E-state index in [0.29, 0.717) is 13.1 Å². The maximum absolute atomic E-state index is 11.7. The number of hydrogen-bond acceptors (Lipinski definition) is 3. The lowest BCUT2D eigenvalue weighted by atomic mass is 10.1. The molecule has 0 aromatic heterocycles. The van der Waals surface area contributed by atoms with Crippen molar-refractivity contribution in [3.8, 4) is 0 Å². The van der Waals surface area contributed by atoms with Crippen LogP contribution in [0.25, 0.3) is 0 Å². The molecular formula is C15H20N2O3. The van der Waals surface area contributed by atoms with Crippen molar-refractivity contribution < 1.29 is 14.3 Å². The first-order valence-electron chi connectivity index (χ1n) is 6.90. The van der Waals surface area contributed by atoms with Crippen LogP contribution >= 0.6 is 0 Å². The summed E-state index contributed by atoms with van der Waals surface area (Å²) in [5.41, 5.74) is 2.13. The van der Waals surface area contributed by atoms with E-state index < -0.39 is 12.2 Å². The molecule has 1 aliphatic rings. The number of aryl methyl sites for hydroxylation is 1. The Kier molecular flexibility index (Phi) is 4.61. The van der Waals surface area contributed by atoms with Crippen molar-refractivity contribution in [1.29, 1.82) is 0 Å². The van der Waals surface area contributed by atoms with Gasteiger partial charge in [0.25, 0.3) is 0 Å². The monoisotopic (exact) mass is 276 g/mol. The maximum Gasteiger partial charge on any atom is 0.418 e. The third-order valence-electron chi connectivity index (χ3n) is 3.46. The lowest BCUT2D eigenvalue weighted by molar-refractivity contribution is 0.123. The predicted molar refractivity (Wildman–Crippen MR) is 75.4 cm³/mol. The van der Waals surface area contributed by atoms with E-state index in [2.05, 4.69) is 5.32 Å². The van der Waals surface area contributed by atoms with E-state index in [0.717, 1.165) is 24.0 Å². The van der Waals surface area contributed by atoms with Crippen LogP contribution in [0.4, 0.5) is 9.59 Å². The SMILES string of the molecule is Cc1ccc(C(C)NC(=O)OC(=O)N2CCCC2)cc1. The normalized spacial score (nSPS) is 15.8. The van der Waals surface area contributed by atoms with Crippen molar-refractivity contribution in [2.45, 2.75) is 32.7 Å². The second-order valence-corrected chi connectivity index (χ2v) is 5.13. The van der Waals surface area contributed by atoms with Gasteiger partial charge in [-0.15, -0.1) is 0 Å². The Morgan fingerprint density at radius 3 is 2.40 bits per heavy atom. The summed E-state index contributed by atoms with van der Waals surface area (Å²) in [5, 5.41) is 2.66. The third-order valence-corrected chi connectivity index (χ3v) is 3.46. The van der Waals surface area contributed by atoms with Crippen molar-refractivity contribution >= 4 is 12.2 Å². The van der Waals surface area contributed by atoms with Crippen LogP contribution in [0.2, 0.25) is 0 Å². The zero-order valence-electron chi connectivity index (χ0n) is 11.9. The number of nitrogens with one attached hydrogen (secondary N) is 1. The number of nitrogens with zero attached hydrogens (tertiary/aromatic N) is 1. The summed E-state index contributed by atoms with van der Waals surface area (Å²) in [6.45, 7) is 5.19. The Labute approximate surface area is 118 Å². The molecule has 0 saturated carbocycles. The number of carbonyl (C=O) groups is 2. The van der Waals surface area contributed by atoms with E-state index in [1.807, 2.05) is 38.1 Å². The maximum atomic E-state index is 11.7. The molecular weight excluding hydrogens is 256 g/mol.